The first-order valence-corrected chi connectivity index (χ1v) is 10.00. The molecule has 0 fully saturated rings. The summed E-state index contributed by atoms with van der Waals surface area (Å²) in [6, 6.07) is 3.20. The Kier molecular flexibility index (Phi) is 4.27. The highest BCUT2D eigenvalue weighted by Gasteiger charge is 2.28. The van der Waals surface area contributed by atoms with Gasteiger partial charge in [0.15, 0.2) is 5.78 Å². The fourth-order valence-corrected chi connectivity index (χ4v) is 5.92. The lowest BCUT2D eigenvalue weighted by Crippen LogP contribution is -2.22. The average Bonchev–Trinajstić information content (AvgIpc) is 2.80. The van der Waals surface area contributed by atoms with Crippen LogP contribution in [-0.4, -0.2) is 31.3 Å². The van der Waals surface area contributed by atoms with E-state index < -0.39 is 9.45 Å². The number of hydrogen-bond donors (Lipinski definition) is 1. The van der Waals surface area contributed by atoms with Gasteiger partial charge in [-0.05, 0) is 31.5 Å². The molecule has 0 radical (unpaired) electrons. The van der Waals surface area contributed by atoms with E-state index in [1.165, 1.54) is 4.68 Å². The molecule has 1 unspecified atom stereocenters. The van der Waals surface area contributed by atoms with Crippen LogP contribution in [0.4, 0.5) is 0 Å². The van der Waals surface area contributed by atoms with E-state index in [1.54, 1.807) is 33.0 Å². The number of Topliss-reactive ketones (excluding diaryl/α,β-unsaturated/α-hetero) is 1. The molecule has 1 aromatic carbocycles. The molecule has 8 heteroatoms. The fourth-order valence-electron chi connectivity index (χ4n) is 3.03. The molecule has 0 spiro atoms. The van der Waals surface area contributed by atoms with E-state index in [2.05, 4.69) is 5.10 Å². The Hall–Kier alpha value is -2.06. The van der Waals surface area contributed by atoms with Crippen molar-refractivity contribution in [3.8, 4) is 0 Å². The first kappa shape index (κ1) is 16.8. The zero-order valence-corrected chi connectivity index (χ0v) is 15.1. The Morgan fingerprint density at radius 3 is 2.58 bits per heavy atom. The van der Waals surface area contributed by atoms with Crippen molar-refractivity contribution in [3.63, 3.8) is 0 Å². The molecule has 1 N–H and O–H groups in total. The Bertz CT molecular complexity index is 1010. The summed E-state index contributed by atoms with van der Waals surface area (Å²) in [4.78, 5) is 37.8. The number of aromatic nitrogens is 2. The van der Waals surface area contributed by atoms with E-state index >= 15 is 0 Å². The maximum Gasteiger partial charge on any atom is 0.277 e. The van der Waals surface area contributed by atoms with E-state index in [-0.39, 0.29) is 22.7 Å². The van der Waals surface area contributed by atoms with Crippen LogP contribution in [0.5, 0.6) is 0 Å². The minimum absolute atomic E-state index is 0.00126. The molecule has 2 heterocycles. The Balaban J connectivity index is 2.24. The number of carbonyl (C=O) groups excluding carboxylic acids is 2. The van der Waals surface area contributed by atoms with Gasteiger partial charge in [0, 0.05) is 40.9 Å². The molecule has 0 saturated heterocycles. The minimum atomic E-state index is -0.651. The standard InChI is InChI=1S/C16H16N2O4S2/c1-8-10(14(20)13-9(2)17-18(3)16(13)21)4-5-11-12(19)6-7-24(23-22)15(8)11/h4-5,17H,6-7H2,1-3H3. The molecule has 0 bridgehead atoms. The highest BCUT2D eigenvalue weighted by molar-refractivity contribution is 8.31. The molecule has 1 aliphatic rings. The SMILES string of the molecule is Cc1[nH]n(C)c(=O)c1C(=O)c1ccc2c(c1C)S(=S=O)CCC2=O. The Morgan fingerprint density at radius 2 is 2.00 bits per heavy atom. The van der Waals surface area contributed by atoms with Gasteiger partial charge in [0.25, 0.3) is 5.56 Å². The fraction of sp³-hybridized carbons (Fsp3) is 0.312. The largest absolute Gasteiger partial charge is 0.299 e. The predicted molar refractivity (Wildman–Crippen MR) is 93.0 cm³/mol. The van der Waals surface area contributed by atoms with E-state index in [9.17, 15) is 18.6 Å². The number of carbonyl (C=O) groups is 2. The second-order valence-corrected chi connectivity index (χ2v) is 8.97. The lowest BCUT2D eigenvalue weighted by atomic mass is 9.95. The summed E-state index contributed by atoms with van der Waals surface area (Å²) in [5.74, 6) is 0.120. The summed E-state index contributed by atoms with van der Waals surface area (Å²) < 4.78 is 12.7. The van der Waals surface area contributed by atoms with Crippen molar-refractivity contribution in [2.45, 2.75) is 25.2 Å². The van der Waals surface area contributed by atoms with Gasteiger partial charge in [-0.3, -0.25) is 24.2 Å². The van der Waals surface area contributed by atoms with Gasteiger partial charge in [0.2, 0.25) is 5.78 Å². The molecule has 6 nitrogen and oxygen atoms in total. The monoisotopic (exact) mass is 364 g/mol. The molecule has 0 saturated carbocycles. The van der Waals surface area contributed by atoms with Crippen LogP contribution in [0.25, 0.3) is 0 Å². The Morgan fingerprint density at radius 1 is 1.29 bits per heavy atom. The van der Waals surface area contributed by atoms with Gasteiger partial charge < -0.3 is 0 Å². The third-order valence-electron chi connectivity index (χ3n) is 4.23. The van der Waals surface area contributed by atoms with Crippen molar-refractivity contribution in [2.75, 3.05) is 5.75 Å². The van der Waals surface area contributed by atoms with Crippen molar-refractivity contribution in [1.82, 2.24) is 9.78 Å². The van der Waals surface area contributed by atoms with Crippen LogP contribution in [0.15, 0.2) is 21.8 Å². The second kappa shape index (κ2) is 6.10. The quantitative estimate of drug-likeness (QED) is 0.813. The van der Waals surface area contributed by atoms with Gasteiger partial charge in [0.05, 0.1) is 0 Å². The number of nitrogens with zero attached hydrogens (tertiary/aromatic N) is 1. The summed E-state index contributed by atoms with van der Waals surface area (Å²) in [5.41, 5.74) is 1.73. The number of benzene rings is 1. The molecule has 24 heavy (non-hydrogen) atoms. The number of aryl methyl sites for hydroxylation is 2. The average molecular weight is 364 g/mol. The molecule has 3 rings (SSSR count). The maximum atomic E-state index is 12.9. The van der Waals surface area contributed by atoms with Crippen LogP contribution < -0.4 is 5.56 Å². The molecule has 1 aliphatic heterocycles. The molecule has 0 amide bonds. The van der Waals surface area contributed by atoms with E-state index in [4.69, 9.17) is 0 Å². The first-order chi connectivity index (χ1) is 11.4. The summed E-state index contributed by atoms with van der Waals surface area (Å²) in [6.45, 7) is 3.41. The van der Waals surface area contributed by atoms with Gasteiger partial charge in [-0.25, -0.2) is 4.21 Å². The second-order valence-electron chi connectivity index (χ2n) is 5.71. The molecular formula is C16H16N2O4S2. The predicted octanol–water partition coefficient (Wildman–Crippen LogP) is 1.25. The highest BCUT2D eigenvalue weighted by atomic mass is 32.8. The summed E-state index contributed by atoms with van der Waals surface area (Å²) in [7, 11) is 1.37. The van der Waals surface area contributed by atoms with Gasteiger partial charge in [-0.2, -0.15) is 0 Å². The van der Waals surface area contributed by atoms with Crippen LogP contribution >= 0.6 is 0 Å². The van der Waals surface area contributed by atoms with Crippen LogP contribution in [0.2, 0.25) is 0 Å². The lowest BCUT2D eigenvalue weighted by Gasteiger charge is -2.20. The molecule has 1 aromatic heterocycles. The Labute approximate surface area is 143 Å². The van der Waals surface area contributed by atoms with Crippen LogP contribution in [0.1, 0.15) is 44.0 Å². The summed E-state index contributed by atoms with van der Waals surface area (Å²) in [5, 5.41) is 2.81. The number of fused-ring (bicyclic) bond motifs is 1. The van der Waals surface area contributed by atoms with E-state index in [0.717, 1.165) is 0 Å². The van der Waals surface area contributed by atoms with Gasteiger partial charge in [-0.15, -0.1) is 0 Å². The molecule has 1 atom stereocenters. The smallest absolute Gasteiger partial charge is 0.277 e. The molecule has 0 aliphatic carbocycles. The van der Waals surface area contributed by atoms with Crippen LogP contribution in [0, 0.1) is 13.8 Å². The van der Waals surface area contributed by atoms with Crippen LogP contribution in [-0.2, 0) is 26.7 Å². The van der Waals surface area contributed by atoms with Crippen molar-refractivity contribution in [3.05, 3.63) is 50.4 Å². The number of ketones is 2. The number of nitrogens with one attached hydrogen (secondary N) is 1. The van der Waals surface area contributed by atoms with Gasteiger partial charge >= 0.3 is 0 Å². The van der Waals surface area contributed by atoms with E-state index in [0.29, 0.717) is 49.7 Å². The number of aromatic amines is 1. The van der Waals surface area contributed by atoms with Crippen molar-refractivity contribution < 1.29 is 13.8 Å². The van der Waals surface area contributed by atoms with Crippen molar-refractivity contribution in [2.24, 2.45) is 7.05 Å². The summed E-state index contributed by atoms with van der Waals surface area (Å²) >= 11 is 0. The molecular weight excluding hydrogens is 348 g/mol. The maximum absolute atomic E-state index is 12.9. The molecule has 126 valence electrons. The third kappa shape index (κ3) is 2.46. The normalized spacial score (nSPS) is 16.8. The number of H-pyrrole nitrogens is 1. The first-order valence-electron chi connectivity index (χ1n) is 7.35. The van der Waals surface area contributed by atoms with Crippen LogP contribution in [0.3, 0.4) is 0 Å². The topological polar surface area (TPSA) is 89.0 Å². The summed E-state index contributed by atoms with van der Waals surface area (Å²) in [6.07, 6.45) is 0.357. The highest BCUT2D eigenvalue weighted by Crippen LogP contribution is 2.29. The molecule has 2 aromatic rings. The zero-order chi connectivity index (χ0) is 17.6. The van der Waals surface area contributed by atoms with Crippen molar-refractivity contribution in [1.29, 1.82) is 0 Å². The van der Waals surface area contributed by atoms with Gasteiger partial charge in [0.1, 0.15) is 15.8 Å². The van der Waals surface area contributed by atoms with Crippen molar-refractivity contribution >= 4 is 31.2 Å². The van der Waals surface area contributed by atoms with Gasteiger partial charge in [-0.1, -0.05) is 9.45 Å². The van der Waals surface area contributed by atoms with E-state index in [1.807, 2.05) is 0 Å². The zero-order valence-electron chi connectivity index (χ0n) is 13.5. The third-order valence-corrected chi connectivity index (χ3v) is 7.44. The number of hydrogen-bond acceptors (Lipinski definition) is 4. The lowest BCUT2D eigenvalue weighted by molar-refractivity contribution is 0.0981. The minimum Gasteiger partial charge on any atom is -0.299 e. The number of rotatable bonds is 2.